The number of hydrogen-bond acceptors (Lipinski definition) is 6. The normalized spacial score (nSPS) is 10.2. The van der Waals surface area contributed by atoms with Crippen molar-refractivity contribution in [1.29, 1.82) is 5.53 Å². The van der Waals surface area contributed by atoms with Gasteiger partial charge in [0, 0.05) is 12.1 Å². The second-order valence-electron chi connectivity index (χ2n) is 3.40. The zero-order chi connectivity index (χ0) is 13.3. The zero-order valence-corrected chi connectivity index (χ0v) is 9.03. The topological polar surface area (TPSA) is 138 Å². The van der Waals surface area contributed by atoms with Crippen LogP contribution in [0.3, 0.4) is 0 Å². The maximum atomic E-state index is 11.3. The van der Waals surface area contributed by atoms with E-state index in [0.717, 1.165) is 4.57 Å². The molecule has 0 atom stereocenters. The Morgan fingerprint density at radius 3 is 2.39 bits per heavy atom. The minimum atomic E-state index is -0.776. The summed E-state index contributed by atoms with van der Waals surface area (Å²) in [5.74, 6) is -1.48. The van der Waals surface area contributed by atoms with E-state index < -0.39 is 5.91 Å². The molecule has 5 N–H and O–H groups in total. The van der Waals surface area contributed by atoms with Gasteiger partial charge in [-0.3, -0.25) is 4.79 Å². The average Bonchev–Trinajstić information content (AvgIpc) is 2.68. The van der Waals surface area contributed by atoms with Crippen molar-refractivity contribution >= 4 is 11.7 Å². The van der Waals surface area contributed by atoms with Crippen LogP contribution in [0.4, 0.5) is 5.82 Å². The van der Waals surface area contributed by atoms with E-state index in [1.807, 2.05) is 0 Å². The van der Waals surface area contributed by atoms with Crippen molar-refractivity contribution in [3.8, 4) is 17.6 Å². The van der Waals surface area contributed by atoms with Crippen LogP contribution in [0.2, 0.25) is 0 Å². The molecule has 8 heteroatoms. The fraction of sp³-hybridized carbons (Fsp3) is 0. The second-order valence-corrected chi connectivity index (χ2v) is 3.40. The quantitative estimate of drug-likeness (QED) is 0.602. The van der Waals surface area contributed by atoms with E-state index >= 15 is 0 Å². The number of carbonyl (C=O) groups excluding carboxylic acids is 1. The highest BCUT2D eigenvalue weighted by molar-refractivity contribution is 5.96. The third-order valence-electron chi connectivity index (χ3n) is 2.29. The molecule has 0 saturated carbocycles. The Labute approximate surface area is 101 Å². The van der Waals surface area contributed by atoms with Gasteiger partial charge in [-0.25, -0.2) is 15.1 Å². The van der Waals surface area contributed by atoms with Crippen LogP contribution < -0.4 is 5.73 Å². The Balaban J connectivity index is 2.75. The summed E-state index contributed by atoms with van der Waals surface area (Å²) >= 11 is 0. The largest absolute Gasteiger partial charge is 0.494 e. The van der Waals surface area contributed by atoms with Crippen molar-refractivity contribution in [2.45, 2.75) is 0 Å². The zero-order valence-electron chi connectivity index (χ0n) is 9.03. The molecule has 0 spiro atoms. The molecule has 2 aromatic heterocycles. The lowest BCUT2D eigenvalue weighted by Gasteiger charge is -2.09. The number of nitrogens with zero attached hydrogens (tertiary/aromatic N) is 3. The number of aromatic hydroxyl groups is 2. The maximum absolute atomic E-state index is 11.3. The number of hydrogen-bond donors (Lipinski definition) is 4. The van der Waals surface area contributed by atoms with Gasteiger partial charge in [0.2, 0.25) is 0 Å². The fourth-order valence-corrected chi connectivity index (χ4v) is 1.50. The number of nitrogens with one attached hydrogen (secondary N) is 1. The molecule has 8 nitrogen and oxygen atoms in total. The Morgan fingerprint density at radius 2 is 1.89 bits per heavy atom. The molecule has 0 fully saturated rings. The Morgan fingerprint density at radius 1 is 1.28 bits per heavy atom. The van der Waals surface area contributed by atoms with Crippen molar-refractivity contribution < 1.29 is 15.0 Å². The van der Waals surface area contributed by atoms with E-state index in [-0.39, 0.29) is 29.0 Å². The van der Waals surface area contributed by atoms with Gasteiger partial charge in [-0.15, -0.1) is 5.11 Å². The molecule has 1 amide bonds. The highest BCUT2D eigenvalue weighted by atomic mass is 16.3. The second kappa shape index (κ2) is 4.17. The molecule has 2 heterocycles. The van der Waals surface area contributed by atoms with Crippen LogP contribution in [-0.4, -0.2) is 25.7 Å². The number of primary amides is 1. The van der Waals surface area contributed by atoms with Gasteiger partial charge in [0.25, 0.3) is 5.91 Å². The van der Waals surface area contributed by atoms with E-state index in [2.05, 4.69) is 10.1 Å². The molecule has 0 saturated heterocycles. The molecule has 2 rings (SSSR count). The molecule has 18 heavy (non-hydrogen) atoms. The van der Waals surface area contributed by atoms with E-state index in [4.69, 9.17) is 11.3 Å². The predicted octanol–water partition coefficient (Wildman–Crippen LogP) is 1.04. The summed E-state index contributed by atoms with van der Waals surface area (Å²) in [5.41, 5.74) is 12.0. The SMILES string of the molecule is N=Nc1ccc(C(N)=O)c(-n2c(O)ccc2O)n1. The van der Waals surface area contributed by atoms with Crippen molar-refractivity contribution in [3.05, 3.63) is 29.8 Å². The number of nitrogens with two attached hydrogens (primary N) is 1. The molecule has 0 radical (unpaired) electrons. The molecule has 0 aliphatic carbocycles. The Hall–Kier alpha value is -2.90. The minimum Gasteiger partial charge on any atom is -0.494 e. The number of pyridine rings is 1. The highest BCUT2D eigenvalue weighted by Crippen LogP contribution is 2.28. The average molecular weight is 247 g/mol. The van der Waals surface area contributed by atoms with Gasteiger partial charge in [0.05, 0.1) is 5.56 Å². The summed E-state index contributed by atoms with van der Waals surface area (Å²) in [7, 11) is 0. The molecule has 0 aromatic carbocycles. The Kier molecular flexibility index (Phi) is 2.68. The first-order chi connectivity index (χ1) is 8.54. The summed E-state index contributed by atoms with van der Waals surface area (Å²) < 4.78 is 0.925. The van der Waals surface area contributed by atoms with Crippen molar-refractivity contribution in [2.24, 2.45) is 10.8 Å². The van der Waals surface area contributed by atoms with Gasteiger partial charge < -0.3 is 15.9 Å². The van der Waals surface area contributed by atoms with Crippen LogP contribution in [0.1, 0.15) is 10.4 Å². The van der Waals surface area contributed by atoms with E-state index in [9.17, 15) is 15.0 Å². The Bertz CT molecular complexity index is 615. The smallest absolute Gasteiger partial charge is 0.252 e. The third kappa shape index (κ3) is 1.75. The van der Waals surface area contributed by atoms with E-state index in [1.165, 1.54) is 24.3 Å². The van der Waals surface area contributed by atoms with Crippen LogP contribution in [-0.2, 0) is 0 Å². The van der Waals surface area contributed by atoms with Crippen LogP contribution in [0, 0.1) is 5.53 Å². The van der Waals surface area contributed by atoms with Gasteiger partial charge in [0.1, 0.15) is 0 Å². The lowest BCUT2D eigenvalue weighted by atomic mass is 10.2. The molecular formula is C10H9N5O3. The van der Waals surface area contributed by atoms with Crippen LogP contribution in [0.15, 0.2) is 29.4 Å². The monoisotopic (exact) mass is 247 g/mol. The molecular weight excluding hydrogens is 238 g/mol. The maximum Gasteiger partial charge on any atom is 0.252 e. The molecule has 0 unspecified atom stereocenters. The molecule has 0 aliphatic rings. The van der Waals surface area contributed by atoms with Crippen molar-refractivity contribution in [3.63, 3.8) is 0 Å². The molecule has 0 aliphatic heterocycles. The first kappa shape index (κ1) is 11.6. The number of rotatable bonds is 3. The molecule has 92 valence electrons. The van der Waals surface area contributed by atoms with Gasteiger partial charge in [-0.2, -0.15) is 0 Å². The van der Waals surface area contributed by atoms with E-state index in [1.54, 1.807) is 0 Å². The highest BCUT2D eigenvalue weighted by Gasteiger charge is 2.17. The van der Waals surface area contributed by atoms with Gasteiger partial charge >= 0.3 is 0 Å². The first-order valence-electron chi connectivity index (χ1n) is 4.83. The van der Waals surface area contributed by atoms with Crippen LogP contribution in [0.5, 0.6) is 11.8 Å². The summed E-state index contributed by atoms with van der Waals surface area (Å²) in [5, 5.41) is 22.3. The van der Waals surface area contributed by atoms with Crippen molar-refractivity contribution in [2.75, 3.05) is 0 Å². The standard InChI is InChI=1S/C10H9N5O3/c11-9(18)5-1-2-6(14-12)13-10(5)15-7(16)3-4-8(15)17/h1-4,12,16-17H,(H2,11,18). The summed E-state index contributed by atoms with van der Waals surface area (Å²) in [6.45, 7) is 0. The number of carbonyl (C=O) groups is 1. The molecule has 0 bridgehead atoms. The minimum absolute atomic E-state index is 0.0100. The predicted molar refractivity (Wildman–Crippen MR) is 60.2 cm³/mol. The van der Waals surface area contributed by atoms with Crippen LogP contribution in [0.25, 0.3) is 5.82 Å². The van der Waals surface area contributed by atoms with Crippen molar-refractivity contribution in [1.82, 2.24) is 9.55 Å². The summed E-state index contributed by atoms with van der Waals surface area (Å²) in [4.78, 5) is 15.1. The van der Waals surface area contributed by atoms with Gasteiger partial charge in [-0.1, -0.05) is 0 Å². The third-order valence-corrected chi connectivity index (χ3v) is 2.29. The van der Waals surface area contributed by atoms with Gasteiger partial charge in [0.15, 0.2) is 23.4 Å². The lowest BCUT2D eigenvalue weighted by Crippen LogP contribution is -2.15. The number of aromatic nitrogens is 2. The van der Waals surface area contributed by atoms with Gasteiger partial charge in [-0.05, 0) is 12.1 Å². The van der Waals surface area contributed by atoms with E-state index in [0.29, 0.717) is 0 Å². The number of amides is 1. The first-order valence-corrected chi connectivity index (χ1v) is 4.83. The fourth-order valence-electron chi connectivity index (χ4n) is 1.50. The summed E-state index contributed by atoms with van der Waals surface area (Å²) in [6, 6.07) is 5.10. The summed E-state index contributed by atoms with van der Waals surface area (Å²) in [6.07, 6.45) is 0. The molecule has 2 aromatic rings. The lowest BCUT2D eigenvalue weighted by molar-refractivity contribution is 0.1000. The van der Waals surface area contributed by atoms with Crippen LogP contribution >= 0.6 is 0 Å².